The molecule has 0 bridgehead atoms. The maximum Gasteiger partial charge on any atom is 0.254 e. The van der Waals surface area contributed by atoms with Crippen molar-refractivity contribution >= 4 is 18.3 Å². The van der Waals surface area contributed by atoms with E-state index in [1.54, 1.807) is 0 Å². The smallest absolute Gasteiger partial charge is 0.254 e. The molecule has 2 heterocycles. The molecule has 4 heteroatoms. The molecule has 1 amide bonds. The molecule has 2 saturated heterocycles. The number of carbonyl (C=O) groups excluding carboxylic acids is 1. The van der Waals surface area contributed by atoms with E-state index in [-0.39, 0.29) is 18.3 Å². The average Bonchev–Trinajstić information content (AvgIpc) is 2.56. The first-order chi connectivity index (χ1) is 10.7. The summed E-state index contributed by atoms with van der Waals surface area (Å²) in [5.41, 5.74) is 3.38. The molecule has 1 aromatic carbocycles. The lowest BCUT2D eigenvalue weighted by Gasteiger charge is -2.34. The molecule has 0 radical (unpaired) electrons. The molecule has 23 heavy (non-hydrogen) atoms. The Kier molecular flexibility index (Phi) is 6.49. The minimum atomic E-state index is 0. The van der Waals surface area contributed by atoms with Gasteiger partial charge in [0.25, 0.3) is 5.91 Å². The van der Waals surface area contributed by atoms with Gasteiger partial charge in [-0.25, -0.2) is 0 Å². The number of aryl methyl sites for hydroxylation is 1. The highest BCUT2D eigenvalue weighted by Gasteiger charge is 2.26. The fourth-order valence-electron chi connectivity index (χ4n) is 3.83. The Hall–Kier alpha value is -1.06. The van der Waals surface area contributed by atoms with Crippen LogP contribution in [0.2, 0.25) is 0 Å². The lowest BCUT2D eigenvalue weighted by atomic mass is 9.88. The number of likely N-dealkylation sites (tertiary alicyclic amines) is 1. The van der Waals surface area contributed by atoms with Crippen molar-refractivity contribution < 1.29 is 4.79 Å². The molecule has 1 unspecified atom stereocenters. The molecule has 2 fully saturated rings. The van der Waals surface area contributed by atoms with Crippen LogP contribution in [0.5, 0.6) is 0 Å². The van der Waals surface area contributed by atoms with Crippen molar-refractivity contribution in [2.24, 2.45) is 0 Å². The van der Waals surface area contributed by atoms with Crippen molar-refractivity contribution in [1.82, 2.24) is 10.2 Å². The Morgan fingerprint density at radius 2 is 1.91 bits per heavy atom. The molecular weight excluding hydrogens is 308 g/mol. The second-order valence-corrected chi connectivity index (χ2v) is 6.94. The summed E-state index contributed by atoms with van der Waals surface area (Å²) in [4.78, 5) is 15.1. The summed E-state index contributed by atoms with van der Waals surface area (Å²) in [5, 5.41) is 3.42. The van der Waals surface area contributed by atoms with Crippen LogP contribution < -0.4 is 5.32 Å². The predicted octanol–water partition coefficient (Wildman–Crippen LogP) is 3.90. The first kappa shape index (κ1) is 18.3. The van der Waals surface area contributed by atoms with Crippen molar-refractivity contribution in [3.63, 3.8) is 0 Å². The van der Waals surface area contributed by atoms with Crippen LogP contribution in [0.3, 0.4) is 0 Å². The number of carbonyl (C=O) groups is 1. The third kappa shape index (κ3) is 4.07. The average molecular weight is 337 g/mol. The number of nitrogens with zero attached hydrogens (tertiary/aromatic N) is 1. The van der Waals surface area contributed by atoms with E-state index in [4.69, 9.17) is 0 Å². The highest BCUT2D eigenvalue weighted by molar-refractivity contribution is 5.96. The van der Waals surface area contributed by atoms with E-state index >= 15 is 0 Å². The number of piperidine rings is 2. The molecule has 3 rings (SSSR count). The van der Waals surface area contributed by atoms with E-state index < -0.39 is 0 Å². The Morgan fingerprint density at radius 1 is 1.17 bits per heavy atom. The Bertz CT molecular complexity index is 540. The van der Waals surface area contributed by atoms with Gasteiger partial charge in [0.05, 0.1) is 0 Å². The van der Waals surface area contributed by atoms with E-state index in [1.807, 2.05) is 0 Å². The van der Waals surface area contributed by atoms with E-state index in [0.717, 1.165) is 43.6 Å². The monoisotopic (exact) mass is 336 g/mol. The van der Waals surface area contributed by atoms with Crippen LogP contribution in [0.25, 0.3) is 0 Å². The first-order valence-corrected chi connectivity index (χ1v) is 8.79. The summed E-state index contributed by atoms with van der Waals surface area (Å²) >= 11 is 0. The fourth-order valence-corrected chi connectivity index (χ4v) is 3.83. The largest absolute Gasteiger partial charge is 0.336 e. The van der Waals surface area contributed by atoms with Gasteiger partial charge in [0.15, 0.2) is 0 Å². The third-order valence-electron chi connectivity index (χ3n) is 5.37. The number of hydrogen-bond acceptors (Lipinski definition) is 2. The maximum atomic E-state index is 13.0. The van der Waals surface area contributed by atoms with Crippen molar-refractivity contribution in [3.8, 4) is 0 Å². The van der Waals surface area contributed by atoms with Crippen molar-refractivity contribution in [3.05, 3.63) is 34.9 Å². The molecule has 0 spiro atoms. The topological polar surface area (TPSA) is 32.3 Å². The Balaban J connectivity index is 0.00000192. The fraction of sp³-hybridized carbons (Fsp3) is 0.632. The SMILES string of the molecule is Cc1ccc(C2CCNCC2)cc1C(=O)N1CCCCC1C.Cl. The maximum absolute atomic E-state index is 13.0. The summed E-state index contributed by atoms with van der Waals surface area (Å²) < 4.78 is 0. The number of hydrogen-bond donors (Lipinski definition) is 1. The number of amides is 1. The van der Waals surface area contributed by atoms with E-state index in [9.17, 15) is 4.79 Å². The molecule has 0 saturated carbocycles. The van der Waals surface area contributed by atoms with Gasteiger partial charge in [-0.15, -0.1) is 12.4 Å². The molecule has 3 nitrogen and oxygen atoms in total. The zero-order valence-corrected chi connectivity index (χ0v) is 15.1. The molecule has 2 aliphatic rings. The minimum Gasteiger partial charge on any atom is -0.336 e. The van der Waals surface area contributed by atoms with Crippen LogP contribution in [-0.2, 0) is 0 Å². The van der Waals surface area contributed by atoms with Gasteiger partial charge in [-0.3, -0.25) is 4.79 Å². The normalized spacial score (nSPS) is 22.5. The van der Waals surface area contributed by atoms with Crippen LogP contribution >= 0.6 is 12.4 Å². The van der Waals surface area contributed by atoms with Gasteiger partial charge in [-0.2, -0.15) is 0 Å². The van der Waals surface area contributed by atoms with Crippen LogP contribution in [0.15, 0.2) is 18.2 Å². The summed E-state index contributed by atoms with van der Waals surface area (Å²) in [6.07, 6.45) is 5.88. The van der Waals surface area contributed by atoms with Crippen LogP contribution in [-0.4, -0.2) is 36.5 Å². The van der Waals surface area contributed by atoms with Gasteiger partial charge in [0.1, 0.15) is 0 Å². The molecule has 0 aliphatic carbocycles. The van der Waals surface area contributed by atoms with E-state index in [0.29, 0.717) is 12.0 Å². The van der Waals surface area contributed by atoms with Crippen molar-refractivity contribution in [1.29, 1.82) is 0 Å². The molecular formula is C19H29ClN2O. The van der Waals surface area contributed by atoms with Gasteiger partial charge in [0.2, 0.25) is 0 Å². The lowest BCUT2D eigenvalue weighted by molar-refractivity contribution is 0.0634. The number of rotatable bonds is 2. The molecule has 1 aromatic rings. The summed E-state index contributed by atoms with van der Waals surface area (Å²) in [5.74, 6) is 0.840. The zero-order valence-electron chi connectivity index (χ0n) is 14.3. The lowest BCUT2D eigenvalue weighted by Crippen LogP contribution is -2.42. The first-order valence-electron chi connectivity index (χ1n) is 8.79. The molecule has 1 atom stereocenters. The van der Waals surface area contributed by atoms with Gasteiger partial charge in [0, 0.05) is 18.2 Å². The van der Waals surface area contributed by atoms with Gasteiger partial charge >= 0.3 is 0 Å². The van der Waals surface area contributed by atoms with E-state index in [2.05, 4.69) is 42.3 Å². The molecule has 1 N–H and O–H groups in total. The summed E-state index contributed by atoms with van der Waals surface area (Å²) in [6, 6.07) is 6.92. The van der Waals surface area contributed by atoms with Crippen molar-refractivity contribution in [2.45, 2.75) is 57.9 Å². The molecule has 0 aromatic heterocycles. The van der Waals surface area contributed by atoms with Gasteiger partial charge < -0.3 is 10.2 Å². The Morgan fingerprint density at radius 3 is 2.61 bits per heavy atom. The number of halogens is 1. The molecule has 128 valence electrons. The van der Waals surface area contributed by atoms with Crippen LogP contribution in [0.4, 0.5) is 0 Å². The van der Waals surface area contributed by atoms with Gasteiger partial charge in [-0.1, -0.05) is 12.1 Å². The van der Waals surface area contributed by atoms with Crippen LogP contribution in [0.1, 0.15) is 66.4 Å². The number of benzene rings is 1. The standard InChI is InChI=1S/C19H28N2O.ClH/c1-14-6-7-17(16-8-10-20-11-9-16)13-18(14)19(22)21-12-4-3-5-15(21)2;/h6-7,13,15-16,20H,3-5,8-12H2,1-2H3;1H. The zero-order chi connectivity index (χ0) is 15.5. The summed E-state index contributed by atoms with van der Waals surface area (Å²) in [6.45, 7) is 7.34. The van der Waals surface area contributed by atoms with Gasteiger partial charge in [-0.05, 0) is 82.2 Å². The Labute approximate surface area is 146 Å². The van der Waals surface area contributed by atoms with Crippen molar-refractivity contribution in [2.75, 3.05) is 19.6 Å². The predicted molar refractivity (Wildman–Crippen MR) is 97.6 cm³/mol. The van der Waals surface area contributed by atoms with Crippen LogP contribution in [0, 0.1) is 6.92 Å². The van der Waals surface area contributed by atoms with E-state index in [1.165, 1.54) is 24.8 Å². The number of nitrogens with one attached hydrogen (secondary N) is 1. The third-order valence-corrected chi connectivity index (χ3v) is 5.37. The second-order valence-electron chi connectivity index (χ2n) is 6.94. The highest BCUT2D eigenvalue weighted by Crippen LogP contribution is 2.28. The minimum absolute atomic E-state index is 0. The quantitative estimate of drug-likeness (QED) is 0.888. The highest BCUT2D eigenvalue weighted by atomic mass is 35.5. The summed E-state index contributed by atoms with van der Waals surface area (Å²) in [7, 11) is 0. The molecule has 2 aliphatic heterocycles. The second kappa shape index (κ2) is 8.16.